The molecule has 0 radical (unpaired) electrons. The molecule has 1 aliphatic heterocycles. The first-order chi connectivity index (χ1) is 6.40. The third-order valence-corrected chi connectivity index (χ3v) is 3.72. The average Bonchev–Trinajstić information content (AvgIpc) is 2.67. The van der Waals surface area contributed by atoms with E-state index >= 15 is 0 Å². The normalized spacial score (nSPS) is 36.7. The van der Waals surface area contributed by atoms with Crippen molar-refractivity contribution in [3.8, 4) is 0 Å². The minimum Gasteiger partial charge on any atom is -0.395 e. The molecule has 2 aliphatic rings. The van der Waals surface area contributed by atoms with E-state index in [0.29, 0.717) is 12.6 Å². The van der Waals surface area contributed by atoms with E-state index in [0.717, 1.165) is 12.0 Å². The second kappa shape index (κ2) is 4.43. The molecular weight excluding hydrogens is 162 g/mol. The number of hydrogen-bond acceptors (Lipinski definition) is 2. The minimum atomic E-state index is 0.323. The summed E-state index contributed by atoms with van der Waals surface area (Å²) in [6.07, 6.45) is 9.57. The van der Waals surface area contributed by atoms with Crippen molar-refractivity contribution in [2.45, 2.75) is 57.0 Å². The lowest BCUT2D eigenvalue weighted by atomic mass is 9.83. The Morgan fingerprint density at radius 1 is 1.00 bits per heavy atom. The van der Waals surface area contributed by atoms with Crippen molar-refractivity contribution in [3.05, 3.63) is 0 Å². The maximum Gasteiger partial charge on any atom is 0.0584 e. The van der Waals surface area contributed by atoms with Crippen LogP contribution in [-0.2, 0) is 0 Å². The molecular formula is C11H21NO. The van der Waals surface area contributed by atoms with Crippen LogP contribution >= 0.6 is 0 Å². The van der Waals surface area contributed by atoms with Crippen LogP contribution < -0.4 is 5.32 Å². The summed E-state index contributed by atoms with van der Waals surface area (Å²) in [5.41, 5.74) is 0. The van der Waals surface area contributed by atoms with Crippen molar-refractivity contribution < 1.29 is 5.11 Å². The third kappa shape index (κ3) is 2.23. The zero-order valence-electron chi connectivity index (χ0n) is 8.34. The van der Waals surface area contributed by atoms with Crippen LogP contribution in [-0.4, -0.2) is 23.8 Å². The van der Waals surface area contributed by atoms with Gasteiger partial charge in [-0.15, -0.1) is 0 Å². The maximum absolute atomic E-state index is 9.02. The lowest BCUT2D eigenvalue weighted by Crippen LogP contribution is -2.37. The molecule has 2 heteroatoms. The van der Waals surface area contributed by atoms with Crippen LogP contribution in [0.4, 0.5) is 0 Å². The standard InChI is InChI=1S/C11H21NO/c13-8-10-6-7-11(12-10)9-4-2-1-3-5-9/h9-13H,1-8H2. The van der Waals surface area contributed by atoms with Gasteiger partial charge in [-0.05, 0) is 31.6 Å². The van der Waals surface area contributed by atoms with E-state index in [2.05, 4.69) is 5.32 Å². The molecule has 0 spiro atoms. The number of hydrogen-bond donors (Lipinski definition) is 2. The number of aliphatic hydroxyl groups is 1. The Labute approximate surface area is 80.7 Å². The molecule has 0 amide bonds. The lowest BCUT2D eigenvalue weighted by molar-refractivity contribution is 0.234. The highest BCUT2D eigenvalue weighted by Crippen LogP contribution is 2.31. The highest BCUT2D eigenvalue weighted by molar-refractivity contribution is 4.88. The first-order valence-electron chi connectivity index (χ1n) is 5.77. The predicted molar refractivity (Wildman–Crippen MR) is 53.6 cm³/mol. The number of rotatable bonds is 2. The van der Waals surface area contributed by atoms with Gasteiger partial charge in [0, 0.05) is 12.1 Å². The topological polar surface area (TPSA) is 32.3 Å². The predicted octanol–water partition coefficient (Wildman–Crippen LogP) is 1.68. The van der Waals surface area contributed by atoms with Gasteiger partial charge in [0.1, 0.15) is 0 Å². The monoisotopic (exact) mass is 183 g/mol. The fourth-order valence-corrected chi connectivity index (χ4v) is 2.90. The average molecular weight is 183 g/mol. The van der Waals surface area contributed by atoms with Gasteiger partial charge < -0.3 is 10.4 Å². The Balaban J connectivity index is 1.80. The van der Waals surface area contributed by atoms with Crippen molar-refractivity contribution in [1.82, 2.24) is 5.32 Å². The van der Waals surface area contributed by atoms with Crippen molar-refractivity contribution >= 4 is 0 Å². The second-order valence-corrected chi connectivity index (χ2v) is 4.63. The van der Waals surface area contributed by atoms with E-state index < -0.39 is 0 Å². The summed E-state index contributed by atoms with van der Waals surface area (Å²) in [5.74, 6) is 0.908. The molecule has 0 aromatic carbocycles. The molecule has 76 valence electrons. The quantitative estimate of drug-likeness (QED) is 0.682. The summed E-state index contributed by atoms with van der Waals surface area (Å²) in [6, 6.07) is 1.12. The molecule has 2 fully saturated rings. The molecule has 2 nitrogen and oxygen atoms in total. The van der Waals surface area contributed by atoms with E-state index in [4.69, 9.17) is 5.11 Å². The maximum atomic E-state index is 9.02. The molecule has 1 heterocycles. The van der Waals surface area contributed by atoms with Crippen LogP contribution in [0.3, 0.4) is 0 Å². The molecule has 2 unspecified atom stereocenters. The zero-order valence-corrected chi connectivity index (χ0v) is 8.34. The Hall–Kier alpha value is -0.0800. The molecule has 1 aliphatic carbocycles. The van der Waals surface area contributed by atoms with Crippen molar-refractivity contribution in [3.63, 3.8) is 0 Å². The van der Waals surface area contributed by atoms with Crippen LogP contribution in [0.5, 0.6) is 0 Å². The van der Waals surface area contributed by atoms with E-state index in [9.17, 15) is 0 Å². The largest absolute Gasteiger partial charge is 0.395 e. The van der Waals surface area contributed by atoms with Crippen molar-refractivity contribution in [1.29, 1.82) is 0 Å². The first-order valence-corrected chi connectivity index (χ1v) is 5.77. The molecule has 1 saturated heterocycles. The SMILES string of the molecule is OCC1CCC(C2CCCCC2)N1. The second-order valence-electron chi connectivity index (χ2n) is 4.63. The van der Waals surface area contributed by atoms with Gasteiger partial charge in [-0.1, -0.05) is 19.3 Å². The highest BCUT2D eigenvalue weighted by Gasteiger charge is 2.30. The van der Waals surface area contributed by atoms with Gasteiger partial charge in [-0.3, -0.25) is 0 Å². The van der Waals surface area contributed by atoms with Crippen LogP contribution in [0.25, 0.3) is 0 Å². The minimum absolute atomic E-state index is 0.323. The molecule has 2 atom stereocenters. The van der Waals surface area contributed by atoms with E-state index in [1.54, 1.807) is 0 Å². The van der Waals surface area contributed by atoms with Crippen LogP contribution in [0.15, 0.2) is 0 Å². The van der Waals surface area contributed by atoms with Crippen LogP contribution in [0.1, 0.15) is 44.9 Å². The molecule has 0 aromatic rings. The van der Waals surface area contributed by atoms with Gasteiger partial charge >= 0.3 is 0 Å². The summed E-state index contributed by atoms with van der Waals surface area (Å²) >= 11 is 0. The fourth-order valence-electron chi connectivity index (χ4n) is 2.90. The Morgan fingerprint density at radius 3 is 2.38 bits per heavy atom. The summed E-state index contributed by atoms with van der Waals surface area (Å²) in [7, 11) is 0. The fraction of sp³-hybridized carbons (Fsp3) is 1.00. The van der Waals surface area contributed by atoms with Gasteiger partial charge in [0.15, 0.2) is 0 Å². The van der Waals surface area contributed by atoms with Gasteiger partial charge in [-0.25, -0.2) is 0 Å². The van der Waals surface area contributed by atoms with Crippen molar-refractivity contribution in [2.75, 3.05) is 6.61 Å². The smallest absolute Gasteiger partial charge is 0.0584 e. The van der Waals surface area contributed by atoms with E-state index in [-0.39, 0.29) is 0 Å². The number of nitrogens with one attached hydrogen (secondary N) is 1. The van der Waals surface area contributed by atoms with Gasteiger partial charge in [0.05, 0.1) is 6.61 Å². The Bertz CT molecular complexity index is 154. The molecule has 0 aromatic heterocycles. The Kier molecular flexibility index (Phi) is 3.23. The van der Waals surface area contributed by atoms with Crippen LogP contribution in [0.2, 0.25) is 0 Å². The highest BCUT2D eigenvalue weighted by atomic mass is 16.3. The summed E-state index contributed by atoms with van der Waals surface area (Å²) < 4.78 is 0. The molecule has 2 N–H and O–H groups in total. The first kappa shape index (κ1) is 9.47. The molecule has 13 heavy (non-hydrogen) atoms. The summed E-state index contributed by atoms with van der Waals surface area (Å²) in [4.78, 5) is 0. The van der Waals surface area contributed by atoms with Gasteiger partial charge in [0.2, 0.25) is 0 Å². The summed E-state index contributed by atoms with van der Waals surface area (Å²) in [5, 5.41) is 12.6. The number of aliphatic hydroxyl groups excluding tert-OH is 1. The zero-order chi connectivity index (χ0) is 9.10. The molecule has 0 bridgehead atoms. The van der Waals surface area contributed by atoms with Gasteiger partial charge in [-0.2, -0.15) is 0 Å². The van der Waals surface area contributed by atoms with E-state index in [1.807, 2.05) is 0 Å². The summed E-state index contributed by atoms with van der Waals surface area (Å²) in [6.45, 7) is 0.323. The lowest BCUT2D eigenvalue weighted by Gasteiger charge is -2.27. The molecule has 1 saturated carbocycles. The molecule has 2 rings (SSSR count). The van der Waals surface area contributed by atoms with Gasteiger partial charge in [0.25, 0.3) is 0 Å². The van der Waals surface area contributed by atoms with E-state index in [1.165, 1.54) is 44.9 Å². The Morgan fingerprint density at radius 2 is 1.77 bits per heavy atom. The van der Waals surface area contributed by atoms with Crippen molar-refractivity contribution in [2.24, 2.45) is 5.92 Å². The third-order valence-electron chi connectivity index (χ3n) is 3.72. The van der Waals surface area contributed by atoms with Crippen LogP contribution in [0, 0.1) is 5.92 Å².